The quantitative estimate of drug-likeness (QED) is 0.801. The maximum Gasteiger partial charge on any atom is 0.178 e. The molecule has 2 heterocycles. The summed E-state index contributed by atoms with van der Waals surface area (Å²) in [6, 6.07) is 11.5. The van der Waals surface area contributed by atoms with Crippen LogP contribution in [-0.2, 0) is 13.0 Å². The zero-order valence-corrected chi connectivity index (χ0v) is 11.8. The largest absolute Gasteiger partial charge is 0.364 e. The van der Waals surface area contributed by atoms with Crippen LogP contribution in [0.2, 0.25) is 5.02 Å². The molecule has 0 fully saturated rings. The molecule has 0 saturated heterocycles. The highest BCUT2D eigenvalue weighted by molar-refractivity contribution is 6.31. The lowest BCUT2D eigenvalue weighted by molar-refractivity contribution is 0.822. The van der Waals surface area contributed by atoms with Crippen LogP contribution in [0.5, 0.6) is 0 Å². The Morgan fingerprint density at radius 1 is 1.15 bits per heavy atom. The molecule has 102 valence electrons. The van der Waals surface area contributed by atoms with Crippen molar-refractivity contribution in [2.75, 3.05) is 5.32 Å². The van der Waals surface area contributed by atoms with Gasteiger partial charge < -0.3 is 5.32 Å². The molecule has 0 spiro atoms. The minimum Gasteiger partial charge on any atom is -0.364 e. The van der Waals surface area contributed by atoms with E-state index in [1.807, 2.05) is 43.3 Å². The summed E-state index contributed by atoms with van der Waals surface area (Å²) in [7, 11) is 0. The van der Waals surface area contributed by atoms with Gasteiger partial charge in [-0.2, -0.15) is 4.52 Å². The molecule has 1 aromatic carbocycles. The number of fused-ring (bicyclic) bond motifs is 1. The molecule has 0 radical (unpaired) electrons. The number of anilines is 1. The number of aryl methyl sites for hydroxylation is 1. The van der Waals surface area contributed by atoms with E-state index in [0.717, 1.165) is 34.3 Å². The molecule has 0 amide bonds. The Morgan fingerprint density at radius 3 is 2.80 bits per heavy atom. The number of aromatic nitrogens is 4. The lowest BCUT2D eigenvalue weighted by atomic mass is 10.2. The molecule has 1 N–H and O–H groups in total. The Bertz CT molecular complexity index is 737. The predicted molar refractivity (Wildman–Crippen MR) is 78.9 cm³/mol. The smallest absolute Gasteiger partial charge is 0.178 e. The molecule has 3 aromatic rings. The van der Waals surface area contributed by atoms with E-state index in [9.17, 15) is 0 Å². The standard InChI is InChI=1S/C14H14ClN5/c1-2-13-17-18-14-8-7-12(19-20(13)14)16-9-10-5-3-4-6-11(10)15/h3-8H,2,9H2,1H3,(H,16,19). The van der Waals surface area contributed by atoms with Crippen LogP contribution >= 0.6 is 11.6 Å². The Morgan fingerprint density at radius 2 is 2.00 bits per heavy atom. The summed E-state index contributed by atoms with van der Waals surface area (Å²) in [5, 5.41) is 16.7. The number of hydrogen-bond donors (Lipinski definition) is 1. The zero-order valence-electron chi connectivity index (χ0n) is 11.0. The molecule has 0 saturated carbocycles. The maximum absolute atomic E-state index is 6.13. The van der Waals surface area contributed by atoms with E-state index in [0.29, 0.717) is 6.54 Å². The van der Waals surface area contributed by atoms with E-state index < -0.39 is 0 Å². The minimum absolute atomic E-state index is 0.627. The molecule has 0 aliphatic carbocycles. The third-order valence-electron chi connectivity index (χ3n) is 3.06. The number of benzene rings is 1. The molecule has 6 heteroatoms. The fraction of sp³-hybridized carbons (Fsp3) is 0.214. The Hall–Kier alpha value is -2.14. The number of nitrogens with one attached hydrogen (secondary N) is 1. The van der Waals surface area contributed by atoms with Gasteiger partial charge in [-0.25, -0.2) is 0 Å². The Labute approximate surface area is 121 Å². The summed E-state index contributed by atoms with van der Waals surface area (Å²) in [5.74, 6) is 1.62. The van der Waals surface area contributed by atoms with Crippen molar-refractivity contribution in [3.05, 3.63) is 52.8 Å². The molecule has 0 unspecified atom stereocenters. The van der Waals surface area contributed by atoms with E-state index in [-0.39, 0.29) is 0 Å². The first-order valence-electron chi connectivity index (χ1n) is 6.46. The van der Waals surface area contributed by atoms with Gasteiger partial charge in [-0.3, -0.25) is 0 Å². The molecular weight excluding hydrogens is 274 g/mol. The normalized spacial score (nSPS) is 10.9. The van der Waals surface area contributed by atoms with Crippen molar-refractivity contribution in [2.24, 2.45) is 0 Å². The topological polar surface area (TPSA) is 55.1 Å². The van der Waals surface area contributed by atoms with Crippen LogP contribution in [0.3, 0.4) is 0 Å². The zero-order chi connectivity index (χ0) is 13.9. The lowest BCUT2D eigenvalue weighted by Gasteiger charge is -2.07. The highest BCUT2D eigenvalue weighted by atomic mass is 35.5. The Kier molecular flexibility index (Phi) is 3.52. The van der Waals surface area contributed by atoms with Crippen molar-refractivity contribution in [3.8, 4) is 0 Å². The van der Waals surface area contributed by atoms with Gasteiger partial charge in [0, 0.05) is 18.0 Å². The molecule has 0 aliphatic heterocycles. The molecule has 3 rings (SSSR count). The number of hydrogen-bond acceptors (Lipinski definition) is 4. The van der Waals surface area contributed by atoms with Gasteiger partial charge in [0.15, 0.2) is 11.5 Å². The van der Waals surface area contributed by atoms with Gasteiger partial charge in [0.25, 0.3) is 0 Å². The molecule has 20 heavy (non-hydrogen) atoms. The second kappa shape index (κ2) is 5.46. The summed E-state index contributed by atoms with van der Waals surface area (Å²) in [6.45, 7) is 2.66. The Balaban J connectivity index is 1.82. The van der Waals surface area contributed by atoms with Crippen molar-refractivity contribution in [2.45, 2.75) is 19.9 Å². The van der Waals surface area contributed by atoms with Crippen molar-refractivity contribution in [3.63, 3.8) is 0 Å². The van der Waals surface area contributed by atoms with Crippen molar-refractivity contribution in [1.29, 1.82) is 0 Å². The molecule has 0 aliphatic rings. The third-order valence-corrected chi connectivity index (χ3v) is 3.43. The minimum atomic E-state index is 0.627. The average molecular weight is 288 g/mol. The number of halogens is 1. The van der Waals surface area contributed by atoms with Gasteiger partial charge in [0.1, 0.15) is 5.82 Å². The van der Waals surface area contributed by atoms with E-state index >= 15 is 0 Å². The maximum atomic E-state index is 6.13. The van der Waals surface area contributed by atoms with Gasteiger partial charge in [-0.05, 0) is 23.8 Å². The summed E-state index contributed by atoms with van der Waals surface area (Å²) < 4.78 is 1.76. The van der Waals surface area contributed by atoms with Crippen LogP contribution in [0.1, 0.15) is 18.3 Å². The van der Waals surface area contributed by atoms with Crippen LogP contribution in [0.15, 0.2) is 36.4 Å². The fourth-order valence-electron chi connectivity index (χ4n) is 1.98. The second-order valence-corrected chi connectivity index (χ2v) is 4.81. The van der Waals surface area contributed by atoms with Crippen LogP contribution < -0.4 is 5.32 Å². The molecule has 0 bridgehead atoms. The van der Waals surface area contributed by atoms with Gasteiger partial charge in [-0.1, -0.05) is 36.7 Å². The first kappa shape index (κ1) is 12.9. The summed E-state index contributed by atoms with van der Waals surface area (Å²) in [6.07, 6.45) is 0.794. The number of nitrogens with zero attached hydrogens (tertiary/aromatic N) is 4. The van der Waals surface area contributed by atoms with E-state index in [1.165, 1.54) is 0 Å². The van der Waals surface area contributed by atoms with E-state index in [2.05, 4.69) is 20.6 Å². The van der Waals surface area contributed by atoms with Crippen LogP contribution in [0.4, 0.5) is 5.82 Å². The van der Waals surface area contributed by atoms with Gasteiger partial charge in [-0.15, -0.1) is 15.3 Å². The van der Waals surface area contributed by atoms with Crippen LogP contribution in [-0.4, -0.2) is 19.8 Å². The highest BCUT2D eigenvalue weighted by Gasteiger charge is 2.06. The molecule has 0 atom stereocenters. The SMILES string of the molecule is CCc1nnc2ccc(NCc3ccccc3Cl)nn12. The third kappa shape index (κ3) is 2.44. The van der Waals surface area contributed by atoms with E-state index in [1.54, 1.807) is 4.52 Å². The number of rotatable bonds is 4. The summed E-state index contributed by atoms with van der Waals surface area (Å²) in [5.41, 5.74) is 1.79. The monoisotopic (exact) mass is 287 g/mol. The summed E-state index contributed by atoms with van der Waals surface area (Å²) >= 11 is 6.13. The van der Waals surface area contributed by atoms with Crippen LogP contribution in [0.25, 0.3) is 5.65 Å². The van der Waals surface area contributed by atoms with Gasteiger partial charge >= 0.3 is 0 Å². The van der Waals surface area contributed by atoms with E-state index in [4.69, 9.17) is 11.6 Å². The van der Waals surface area contributed by atoms with Gasteiger partial charge in [0.2, 0.25) is 0 Å². The van der Waals surface area contributed by atoms with Crippen molar-refractivity contribution < 1.29 is 0 Å². The second-order valence-electron chi connectivity index (χ2n) is 4.40. The lowest BCUT2D eigenvalue weighted by Crippen LogP contribution is -2.05. The highest BCUT2D eigenvalue weighted by Crippen LogP contribution is 2.16. The van der Waals surface area contributed by atoms with Crippen molar-refractivity contribution >= 4 is 23.1 Å². The van der Waals surface area contributed by atoms with Crippen LogP contribution in [0, 0.1) is 0 Å². The molecular formula is C14H14ClN5. The predicted octanol–water partition coefficient (Wildman–Crippen LogP) is 2.95. The molecule has 2 aromatic heterocycles. The first-order chi connectivity index (χ1) is 9.78. The summed E-state index contributed by atoms with van der Waals surface area (Å²) in [4.78, 5) is 0. The van der Waals surface area contributed by atoms with Gasteiger partial charge in [0.05, 0.1) is 0 Å². The first-order valence-corrected chi connectivity index (χ1v) is 6.84. The average Bonchev–Trinajstić information content (AvgIpc) is 2.88. The van der Waals surface area contributed by atoms with Crippen molar-refractivity contribution in [1.82, 2.24) is 19.8 Å². The molecule has 5 nitrogen and oxygen atoms in total. The fourth-order valence-corrected chi connectivity index (χ4v) is 2.18.